The van der Waals surface area contributed by atoms with Crippen LogP contribution in [0.3, 0.4) is 0 Å². The van der Waals surface area contributed by atoms with Crippen molar-refractivity contribution >= 4 is 12.0 Å². The van der Waals surface area contributed by atoms with E-state index in [1.54, 1.807) is 0 Å². The third kappa shape index (κ3) is 2.66. The Morgan fingerprint density at radius 2 is 2.28 bits per heavy atom. The van der Waals surface area contributed by atoms with Crippen molar-refractivity contribution in [2.45, 2.75) is 13.5 Å². The monoisotopic (exact) mass is 242 g/mol. The Morgan fingerprint density at radius 3 is 2.94 bits per heavy atom. The molecule has 0 aliphatic heterocycles. The molecule has 0 radical (unpaired) electrons. The molecule has 1 heterocycles. The average Bonchev–Trinajstić information content (AvgIpc) is 2.86. The Morgan fingerprint density at radius 1 is 1.50 bits per heavy atom. The van der Waals surface area contributed by atoms with Gasteiger partial charge in [-0.1, -0.05) is 30.8 Å². The smallest absolute Gasteiger partial charge is 0.273 e. The van der Waals surface area contributed by atoms with Crippen molar-refractivity contribution < 1.29 is 9.21 Å². The van der Waals surface area contributed by atoms with Crippen LogP contribution in [0.4, 0.5) is 0 Å². The molecule has 0 bridgehead atoms. The Bertz CT molecular complexity index is 573. The number of aryl methyl sites for hydroxylation is 1. The van der Waals surface area contributed by atoms with E-state index in [2.05, 4.69) is 16.9 Å². The molecule has 4 heteroatoms. The van der Waals surface area contributed by atoms with E-state index >= 15 is 0 Å². The van der Waals surface area contributed by atoms with Crippen molar-refractivity contribution in [1.29, 1.82) is 0 Å². The molecule has 18 heavy (non-hydrogen) atoms. The quantitative estimate of drug-likeness (QED) is 0.896. The van der Waals surface area contributed by atoms with Crippen molar-refractivity contribution in [1.82, 2.24) is 10.3 Å². The number of carbonyl (C=O) groups is 1. The van der Waals surface area contributed by atoms with Crippen molar-refractivity contribution in [2.75, 3.05) is 0 Å². The van der Waals surface area contributed by atoms with E-state index < -0.39 is 0 Å². The van der Waals surface area contributed by atoms with E-state index in [0.717, 1.165) is 11.1 Å². The molecule has 0 unspecified atom stereocenters. The number of rotatable bonds is 4. The van der Waals surface area contributed by atoms with Gasteiger partial charge < -0.3 is 9.73 Å². The first-order chi connectivity index (χ1) is 8.70. The fourth-order valence-electron chi connectivity index (χ4n) is 1.56. The molecule has 0 fully saturated rings. The molecule has 0 aliphatic rings. The van der Waals surface area contributed by atoms with Crippen molar-refractivity contribution in [3.8, 4) is 0 Å². The predicted octanol–water partition coefficient (Wildman–Crippen LogP) is 2.56. The highest BCUT2D eigenvalue weighted by atomic mass is 16.3. The number of aromatic nitrogens is 1. The van der Waals surface area contributed by atoms with Gasteiger partial charge in [-0.05, 0) is 24.1 Å². The number of hydrogen-bond acceptors (Lipinski definition) is 3. The van der Waals surface area contributed by atoms with Gasteiger partial charge in [0.2, 0.25) is 5.89 Å². The summed E-state index contributed by atoms with van der Waals surface area (Å²) < 4.78 is 5.02. The SMILES string of the molecule is C=Cc1nc(C(=O)NCc2ccccc2C)co1. The van der Waals surface area contributed by atoms with E-state index in [9.17, 15) is 4.79 Å². The first kappa shape index (κ1) is 12.1. The second-order valence-corrected chi connectivity index (χ2v) is 3.88. The summed E-state index contributed by atoms with van der Waals surface area (Å²) in [5, 5.41) is 2.80. The molecule has 0 saturated heterocycles. The van der Waals surface area contributed by atoms with Crippen LogP contribution in [0, 0.1) is 6.92 Å². The molecular weight excluding hydrogens is 228 g/mol. The maximum absolute atomic E-state index is 11.8. The summed E-state index contributed by atoms with van der Waals surface area (Å²) >= 11 is 0. The van der Waals surface area contributed by atoms with Crippen LogP contribution in [-0.2, 0) is 6.54 Å². The van der Waals surface area contributed by atoms with Crippen LogP contribution in [0.5, 0.6) is 0 Å². The lowest BCUT2D eigenvalue weighted by Crippen LogP contribution is -2.23. The van der Waals surface area contributed by atoms with Crippen LogP contribution in [0.25, 0.3) is 6.08 Å². The van der Waals surface area contributed by atoms with E-state index in [0.29, 0.717) is 12.4 Å². The predicted molar refractivity (Wildman–Crippen MR) is 68.9 cm³/mol. The summed E-state index contributed by atoms with van der Waals surface area (Å²) in [5.41, 5.74) is 2.49. The fraction of sp³-hybridized carbons (Fsp3) is 0.143. The van der Waals surface area contributed by atoms with Crippen LogP contribution in [0.15, 0.2) is 41.5 Å². The van der Waals surface area contributed by atoms with E-state index in [1.807, 2.05) is 31.2 Å². The van der Waals surface area contributed by atoms with Gasteiger partial charge in [0.25, 0.3) is 5.91 Å². The second kappa shape index (κ2) is 5.31. The van der Waals surface area contributed by atoms with Gasteiger partial charge in [0.15, 0.2) is 5.69 Å². The summed E-state index contributed by atoms with van der Waals surface area (Å²) in [4.78, 5) is 15.8. The van der Waals surface area contributed by atoms with Crippen LogP contribution < -0.4 is 5.32 Å². The molecular formula is C14H14N2O2. The Kier molecular flexibility index (Phi) is 3.57. The molecule has 1 N–H and O–H groups in total. The third-order valence-electron chi connectivity index (χ3n) is 2.63. The zero-order valence-corrected chi connectivity index (χ0v) is 10.1. The van der Waals surface area contributed by atoms with Gasteiger partial charge in [0, 0.05) is 6.54 Å². The van der Waals surface area contributed by atoms with Crippen LogP contribution >= 0.6 is 0 Å². The van der Waals surface area contributed by atoms with Crippen molar-refractivity contribution in [3.05, 3.63) is 59.8 Å². The highest BCUT2D eigenvalue weighted by molar-refractivity contribution is 5.92. The molecule has 1 amide bonds. The van der Waals surface area contributed by atoms with Gasteiger partial charge in [-0.25, -0.2) is 4.98 Å². The minimum atomic E-state index is -0.255. The van der Waals surface area contributed by atoms with Gasteiger partial charge in [-0.2, -0.15) is 0 Å². The molecule has 0 saturated carbocycles. The molecule has 2 aromatic rings. The number of benzene rings is 1. The molecule has 0 spiro atoms. The van der Waals surface area contributed by atoms with Gasteiger partial charge in [0.1, 0.15) is 6.26 Å². The van der Waals surface area contributed by atoms with Gasteiger partial charge in [0.05, 0.1) is 0 Å². The fourth-order valence-corrected chi connectivity index (χ4v) is 1.56. The normalized spacial score (nSPS) is 10.1. The minimum absolute atomic E-state index is 0.255. The number of nitrogens with zero attached hydrogens (tertiary/aromatic N) is 1. The minimum Gasteiger partial charge on any atom is -0.444 e. The van der Waals surface area contributed by atoms with Crippen molar-refractivity contribution in [3.63, 3.8) is 0 Å². The van der Waals surface area contributed by atoms with Crippen molar-refractivity contribution in [2.24, 2.45) is 0 Å². The number of hydrogen-bond donors (Lipinski definition) is 1. The molecule has 4 nitrogen and oxygen atoms in total. The van der Waals surface area contributed by atoms with E-state index in [1.165, 1.54) is 12.3 Å². The maximum atomic E-state index is 11.8. The Balaban J connectivity index is 2.00. The topological polar surface area (TPSA) is 55.1 Å². The zero-order valence-electron chi connectivity index (χ0n) is 10.1. The summed E-state index contributed by atoms with van der Waals surface area (Å²) in [6.45, 7) is 6.00. The molecule has 1 aromatic heterocycles. The summed E-state index contributed by atoms with van der Waals surface area (Å²) in [5.74, 6) is 0.0890. The van der Waals surface area contributed by atoms with Crippen LogP contribution in [0.2, 0.25) is 0 Å². The number of carbonyl (C=O) groups excluding carboxylic acids is 1. The molecule has 92 valence electrons. The highest BCUT2D eigenvalue weighted by Crippen LogP contribution is 2.07. The number of oxazole rings is 1. The molecule has 0 atom stereocenters. The highest BCUT2D eigenvalue weighted by Gasteiger charge is 2.10. The first-order valence-corrected chi connectivity index (χ1v) is 5.61. The van der Waals surface area contributed by atoms with Gasteiger partial charge >= 0.3 is 0 Å². The van der Waals surface area contributed by atoms with Crippen LogP contribution in [-0.4, -0.2) is 10.9 Å². The number of nitrogens with one attached hydrogen (secondary N) is 1. The van der Waals surface area contributed by atoms with Gasteiger partial charge in [-0.3, -0.25) is 4.79 Å². The molecule has 0 aliphatic carbocycles. The molecule has 1 aromatic carbocycles. The lowest BCUT2D eigenvalue weighted by molar-refractivity contribution is 0.0946. The second-order valence-electron chi connectivity index (χ2n) is 3.88. The maximum Gasteiger partial charge on any atom is 0.273 e. The Hall–Kier alpha value is -2.36. The average molecular weight is 242 g/mol. The zero-order chi connectivity index (χ0) is 13.0. The van der Waals surface area contributed by atoms with Gasteiger partial charge in [-0.15, -0.1) is 0 Å². The third-order valence-corrected chi connectivity index (χ3v) is 2.63. The lowest BCUT2D eigenvalue weighted by Gasteiger charge is -2.05. The largest absolute Gasteiger partial charge is 0.444 e. The molecule has 2 rings (SSSR count). The number of amides is 1. The summed E-state index contributed by atoms with van der Waals surface area (Å²) in [7, 11) is 0. The lowest BCUT2D eigenvalue weighted by atomic mass is 10.1. The van der Waals surface area contributed by atoms with E-state index in [-0.39, 0.29) is 11.6 Å². The Labute approximate surface area is 105 Å². The first-order valence-electron chi connectivity index (χ1n) is 5.61. The van der Waals surface area contributed by atoms with E-state index in [4.69, 9.17) is 4.42 Å². The summed E-state index contributed by atoms with van der Waals surface area (Å²) in [6, 6.07) is 7.90. The van der Waals surface area contributed by atoms with Crippen LogP contribution in [0.1, 0.15) is 27.5 Å². The summed E-state index contributed by atoms with van der Waals surface area (Å²) in [6.07, 6.45) is 2.78. The standard InChI is InChI=1S/C14H14N2O2/c1-3-13-16-12(9-18-13)14(17)15-8-11-7-5-4-6-10(11)2/h3-7,9H,1,8H2,2H3,(H,15,17).